The number of nitrogens with zero attached hydrogens (tertiary/aromatic N) is 1. The number of aromatic nitrogens is 1. The Morgan fingerprint density at radius 1 is 1.32 bits per heavy atom. The summed E-state index contributed by atoms with van der Waals surface area (Å²) in [6.45, 7) is 1.86. The Balaban J connectivity index is 0.00000176. The maximum absolute atomic E-state index is 12.1. The molecule has 0 unspecified atom stereocenters. The molecular weight excluding hydrogens is 325 g/mol. The Morgan fingerprint density at radius 2 is 2.09 bits per heavy atom. The molecule has 5 nitrogen and oxygen atoms in total. The fourth-order valence-electron chi connectivity index (χ4n) is 2.39. The summed E-state index contributed by atoms with van der Waals surface area (Å²) in [5.41, 5.74) is 1.10. The molecule has 1 saturated heterocycles. The Hall–Kier alpha value is -1.56. The van der Waals surface area contributed by atoms with E-state index in [1.54, 1.807) is 18.2 Å². The van der Waals surface area contributed by atoms with Crippen molar-refractivity contribution in [2.75, 3.05) is 13.1 Å². The zero-order chi connectivity index (χ0) is 14.7. The summed E-state index contributed by atoms with van der Waals surface area (Å²) in [6, 6.07) is 9.09. The van der Waals surface area contributed by atoms with Crippen molar-refractivity contribution in [3.8, 4) is 11.3 Å². The van der Waals surface area contributed by atoms with Crippen molar-refractivity contribution >= 4 is 29.9 Å². The lowest BCUT2D eigenvalue weighted by molar-refractivity contribution is 0.0920. The van der Waals surface area contributed by atoms with Crippen LogP contribution in [0.5, 0.6) is 0 Å². The van der Waals surface area contributed by atoms with Crippen LogP contribution in [0.1, 0.15) is 23.3 Å². The van der Waals surface area contributed by atoms with Gasteiger partial charge in [-0.1, -0.05) is 28.9 Å². The van der Waals surface area contributed by atoms with Gasteiger partial charge in [0.25, 0.3) is 5.91 Å². The van der Waals surface area contributed by atoms with Gasteiger partial charge in [0.2, 0.25) is 0 Å². The minimum Gasteiger partial charge on any atom is -0.355 e. The van der Waals surface area contributed by atoms with Crippen LogP contribution in [0.25, 0.3) is 11.3 Å². The van der Waals surface area contributed by atoms with Crippen LogP contribution in [0.4, 0.5) is 0 Å². The van der Waals surface area contributed by atoms with E-state index in [0.29, 0.717) is 16.5 Å². The number of rotatable bonds is 3. The van der Waals surface area contributed by atoms with E-state index in [-0.39, 0.29) is 24.4 Å². The molecule has 2 aromatic rings. The minimum atomic E-state index is -0.195. The fraction of sp³-hybridized carbons (Fsp3) is 0.333. The van der Waals surface area contributed by atoms with Crippen molar-refractivity contribution in [2.24, 2.45) is 0 Å². The third kappa shape index (κ3) is 4.00. The molecule has 3 rings (SSSR count). The largest absolute Gasteiger partial charge is 0.355 e. The van der Waals surface area contributed by atoms with Gasteiger partial charge in [-0.2, -0.15) is 0 Å². The van der Waals surface area contributed by atoms with Crippen molar-refractivity contribution in [1.82, 2.24) is 15.8 Å². The van der Waals surface area contributed by atoms with Crippen molar-refractivity contribution in [3.63, 3.8) is 0 Å². The lowest BCUT2D eigenvalue weighted by Crippen LogP contribution is -2.42. The molecule has 22 heavy (non-hydrogen) atoms. The highest BCUT2D eigenvalue weighted by Gasteiger charge is 2.19. The van der Waals surface area contributed by atoms with Crippen LogP contribution in [0.3, 0.4) is 0 Å². The number of hydrogen-bond donors (Lipinski definition) is 2. The second-order valence-corrected chi connectivity index (χ2v) is 5.52. The molecule has 2 N–H and O–H groups in total. The number of amides is 1. The lowest BCUT2D eigenvalue weighted by Gasteiger charge is -2.23. The van der Waals surface area contributed by atoms with E-state index in [2.05, 4.69) is 15.8 Å². The van der Waals surface area contributed by atoms with Gasteiger partial charge in [0.1, 0.15) is 0 Å². The zero-order valence-electron chi connectivity index (χ0n) is 11.8. The van der Waals surface area contributed by atoms with E-state index in [9.17, 15) is 4.79 Å². The molecule has 1 aliphatic rings. The van der Waals surface area contributed by atoms with Gasteiger partial charge < -0.3 is 15.2 Å². The smallest absolute Gasteiger partial charge is 0.273 e. The SMILES string of the molecule is Cl.O=C(NC1CCNCC1)c1cc(-c2cccc(Cl)c2)on1. The summed E-state index contributed by atoms with van der Waals surface area (Å²) in [5.74, 6) is 0.340. The van der Waals surface area contributed by atoms with E-state index in [1.165, 1.54) is 0 Å². The van der Waals surface area contributed by atoms with Gasteiger partial charge in [0.05, 0.1) is 0 Å². The van der Waals surface area contributed by atoms with Crippen LogP contribution < -0.4 is 10.6 Å². The minimum absolute atomic E-state index is 0. The first-order valence-corrected chi connectivity index (χ1v) is 7.34. The maximum Gasteiger partial charge on any atom is 0.273 e. The molecule has 0 radical (unpaired) electrons. The number of carbonyl (C=O) groups excluding carboxylic acids is 1. The standard InChI is InChI=1S/C15H16ClN3O2.ClH/c16-11-3-1-2-10(8-11)14-9-13(19-21-14)15(20)18-12-4-6-17-7-5-12;/h1-3,8-9,12,17H,4-7H2,(H,18,20);1H. The molecule has 0 spiro atoms. The van der Waals surface area contributed by atoms with Crippen LogP contribution >= 0.6 is 24.0 Å². The second-order valence-electron chi connectivity index (χ2n) is 5.08. The molecule has 118 valence electrons. The summed E-state index contributed by atoms with van der Waals surface area (Å²) >= 11 is 5.95. The van der Waals surface area contributed by atoms with E-state index in [4.69, 9.17) is 16.1 Å². The molecule has 7 heteroatoms. The molecule has 0 atom stereocenters. The van der Waals surface area contributed by atoms with Gasteiger partial charge in [0.15, 0.2) is 11.5 Å². The highest BCUT2D eigenvalue weighted by atomic mass is 35.5. The van der Waals surface area contributed by atoms with Crippen molar-refractivity contribution in [1.29, 1.82) is 0 Å². The third-order valence-corrected chi connectivity index (χ3v) is 3.76. The summed E-state index contributed by atoms with van der Waals surface area (Å²) in [7, 11) is 0. The second kappa shape index (κ2) is 7.63. The van der Waals surface area contributed by atoms with Gasteiger partial charge in [0, 0.05) is 22.7 Å². The molecule has 2 heterocycles. The van der Waals surface area contributed by atoms with Crippen LogP contribution in [0.15, 0.2) is 34.9 Å². The van der Waals surface area contributed by atoms with Crippen molar-refractivity contribution in [2.45, 2.75) is 18.9 Å². The Morgan fingerprint density at radius 3 is 2.82 bits per heavy atom. The molecule has 0 aliphatic carbocycles. The van der Waals surface area contributed by atoms with Gasteiger partial charge in [-0.25, -0.2) is 0 Å². The first-order valence-electron chi connectivity index (χ1n) is 6.96. The predicted octanol–water partition coefficient (Wildman–Crippen LogP) is 2.90. The first-order chi connectivity index (χ1) is 10.2. The third-order valence-electron chi connectivity index (χ3n) is 3.53. The van der Waals surface area contributed by atoms with Crippen molar-refractivity contribution < 1.29 is 9.32 Å². The monoisotopic (exact) mass is 341 g/mol. The molecular formula is C15H17Cl2N3O2. The molecule has 1 fully saturated rings. The van der Waals surface area contributed by atoms with Crippen LogP contribution in [-0.4, -0.2) is 30.2 Å². The summed E-state index contributed by atoms with van der Waals surface area (Å²) in [5, 5.41) is 10.7. The normalized spacial score (nSPS) is 15.1. The maximum atomic E-state index is 12.1. The summed E-state index contributed by atoms with van der Waals surface area (Å²) in [6.07, 6.45) is 1.87. The number of piperidine rings is 1. The fourth-order valence-corrected chi connectivity index (χ4v) is 2.58. The number of carbonyl (C=O) groups is 1. The van der Waals surface area contributed by atoms with Gasteiger partial charge in [-0.3, -0.25) is 4.79 Å². The molecule has 1 amide bonds. The Bertz CT molecular complexity index is 639. The highest BCUT2D eigenvalue weighted by molar-refractivity contribution is 6.30. The van der Waals surface area contributed by atoms with Crippen LogP contribution in [-0.2, 0) is 0 Å². The average Bonchev–Trinajstić information content (AvgIpc) is 2.98. The number of halogens is 2. The van der Waals surface area contributed by atoms with E-state index in [1.807, 2.05) is 12.1 Å². The molecule has 1 aliphatic heterocycles. The Kier molecular flexibility index (Phi) is 5.83. The highest BCUT2D eigenvalue weighted by Crippen LogP contribution is 2.23. The summed E-state index contributed by atoms with van der Waals surface area (Å²) in [4.78, 5) is 12.1. The molecule has 0 saturated carbocycles. The number of benzene rings is 1. The van der Waals surface area contributed by atoms with Crippen molar-refractivity contribution in [3.05, 3.63) is 41.0 Å². The summed E-state index contributed by atoms with van der Waals surface area (Å²) < 4.78 is 5.23. The number of hydrogen-bond acceptors (Lipinski definition) is 4. The molecule has 1 aromatic carbocycles. The van der Waals surface area contributed by atoms with Gasteiger partial charge in [-0.05, 0) is 38.1 Å². The predicted molar refractivity (Wildman–Crippen MR) is 87.6 cm³/mol. The molecule has 0 bridgehead atoms. The average molecular weight is 342 g/mol. The van der Waals surface area contributed by atoms with Crippen LogP contribution in [0, 0.1) is 0 Å². The quantitative estimate of drug-likeness (QED) is 0.900. The zero-order valence-corrected chi connectivity index (χ0v) is 13.4. The van der Waals surface area contributed by atoms with Crippen LogP contribution in [0.2, 0.25) is 5.02 Å². The first kappa shape index (κ1) is 16.8. The number of nitrogens with one attached hydrogen (secondary N) is 2. The van der Waals surface area contributed by atoms with E-state index >= 15 is 0 Å². The van der Waals surface area contributed by atoms with Gasteiger partial charge >= 0.3 is 0 Å². The van der Waals surface area contributed by atoms with Gasteiger partial charge in [-0.15, -0.1) is 12.4 Å². The lowest BCUT2D eigenvalue weighted by atomic mass is 10.1. The molecule has 1 aromatic heterocycles. The Labute approximate surface area is 139 Å². The van der Waals surface area contributed by atoms with E-state index < -0.39 is 0 Å². The van der Waals surface area contributed by atoms with E-state index in [0.717, 1.165) is 31.5 Å². The topological polar surface area (TPSA) is 67.2 Å².